The maximum absolute atomic E-state index is 5.32. The summed E-state index contributed by atoms with van der Waals surface area (Å²) in [4.78, 5) is 0. The molecule has 38 valence electrons. The van der Waals surface area contributed by atoms with Gasteiger partial charge in [-0.05, 0) is 12.5 Å². The van der Waals surface area contributed by atoms with Crippen molar-refractivity contribution in [3.05, 3.63) is 12.2 Å². The molecule has 0 radical (unpaired) electrons. The molecule has 0 heterocycles. The van der Waals surface area contributed by atoms with Crippen molar-refractivity contribution in [3.8, 4) is 12.3 Å². The molecular formula is C6H7Cl. The minimum Gasteiger partial charge on any atom is -0.126 e. The fourth-order valence-electron chi connectivity index (χ4n) is 0.214. The van der Waals surface area contributed by atoms with Crippen molar-refractivity contribution in [2.24, 2.45) is 0 Å². The lowest BCUT2D eigenvalue weighted by molar-refractivity contribution is 1.24. The van der Waals surface area contributed by atoms with Crippen molar-refractivity contribution < 1.29 is 0 Å². The molecule has 0 aromatic carbocycles. The van der Waals surface area contributed by atoms with Gasteiger partial charge >= 0.3 is 0 Å². The highest BCUT2D eigenvalue weighted by molar-refractivity contribution is 6.17. The Balaban J connectivity index is 2.97. The van der Waals surface area contributed by atoms with Crippen LogP contribution in [0.1, 0.15) is 6.42 Å². The molecule has 0 aliphatic heterocycles. The summed E-state index contributed by atoms with van der Waals surface area (Å²) in [6.07, 6.45) is 9.28. The molecule has 0 unspecified atom stereocenters. The van der Waals surface area contributed by atoms with E-state index in [2.05, 4.69) is 5.92 Å². The van der Waals surface area contributed by atoms with Crippen LogP contribution in [0.5, 0.6) is 0 Å². The first-order valence-corrected chi connectivity index (χ1v) is 2.62. The molecule has 0 bridgehead atoms. The molecule has 0 atom stereocenters. The van der Waals surface area contributed by atoms with Crippen LogP contribution in [0.3, 0.4) is 0 Å². The van der Waals surface area contributed by atoms with Gasteiger partial charge < -0.3 is 0 Å². The topological polar surface area (TPSA) is 0 Å². The van der Waals surface area contributed by atoms with Crippen molar-refractivity contribution in [2.75, 3.05) is 5.88 Å². The van der Waals surface area contributed by atoms with Crippen molar-refractivity contribution in [1.29, 1.82) is 0 Å². The predicted molar refractivity (Wildman–Crippen MR) is 33.3 cm³/mol. The number of halogens is 1. The number of alkyl halides is 1. The molecule has 0 aliphatic rings. The number of hydrogen-bond acceptors (Lipinski definition) is 0. The maximum atomic E-state index is 5.32. The number of terminal acetylenes is 1. The zero-order valence-corrected chi connectivity index (χ0v) is 4.78. The maximum Gasteiger partial charge on any atom is 0.0258 e. The van der Waals surface area contributed by atoms with E-state index in [1.54, 1.807) is 6.08 Å². The minimum absolute atomic E-state index is 0.651. The van der Waals surface area contributed by atoms with Crippen LogP contribution in [-0.2, 0) is 0 Å². The van der Waals surface area contributed by atoms with E-state index in [9.17, 15) is 0 Å². The van der Waals surface area contributed by atoms with Crippen molar-refractivity contribution in [2.45, 2.75) is 6.42 Å². The first-order valence-electron chi connectivity index (χ1n) is 2.09. The molecular weight excluding hydrogens is 108 g/mol. The molecule has 7 heavy (non-hydrogen) atoms. The lowest BCUT2D eigenvalue weighted by Gasteiger charge is -1.74. The fourth-order valence-corrected chi connectivity index (χ4v) is 0.340. The molecule has 0 nitrogen and oxygen atoms in total. The van der Waals surface area contributed by atoms with Gasteiger partial charge in [0.1, 0.15) is 0 Å². The highest BCUT2D eigenvalue weighted by Gasteiger charge is 1.68. The van der Waals surface area contributed by atoms with E-state index in [0.29, 0.717) is 5.88 Å². The zero-order valence-electron chi connectivity index (χ0n) is 4.02. The van der Waals surface area contributed by atoms with Crippen LogP contribution in [0, 0.1) is 12.3 Å². The Morgan fingerprint density at radius 3 is 2.86 bits per heavy atom. The molecule has 0 saturated heterocycles. The average molecular weight is 115 g/mol. The first-order chi connectivity index (χ1) is 3.41. The van der Waals surface area contributed by atoms with Crippen molar-refractivity contribution in [3.63, 3.8) is 0 Å². The zero-order chi connectivity index (χ0) is 5.54. The van der Waals surface area contributed by atoms with E-state index in [1.807, 2.05) is 6.08 Å². The lowest BCUT2D eigenvalue weighted by atomic mass is 10.4. The molecule has 0 aromatic heterocycles. The highest BCUT2D eigenvalue weighted by Crippen LogP contribution is 1.84. The monoisotopic (exact) mass is 114 g/mol. The standard InChI is InChI=1S/C6H7Cl/c1-2-3-4-5-6-7/h1,3-4H,5-6H2/b4-3-. The molecule has 0 fully saturated rings. The van der Waals surface area contributed by atoms with Crippen LogP contribution in [0.2, 0.25) is 0 Å². The molecule has 1 heteroatoms. The Morgan fingerprint density at radius 2 is 2.43 bits per heavy atom. The summed E-state index contributed by atoms with van der Waals surface area (Å²) in [5.74, 6) is 3.01. The van der Waals surface area contributed by atoms with Gasteiger partial charge in [0, 0.05) is 5.88 Å². The van der Waals surface area contributed by atoms with E-state index < -0.39 is 0 Å². The molecule has 0 saturated carbocycles. The second-order valence-corrected chi connectivity index (χ2v) is 1.42. The molecule has 0 N–H and O–H groups in total. The van der Waals surface area contributed by atoms with Gasteiger partial charge in [0.05, 0.1) is 0 Å². The van der Waals surface area contributed by atoms with Gasteiger partial charge in [-0.3, -0.25) is 0 Å². The third-order valence-electron chi connectivity index (χ3n) is 0.490. The smallest absolute Gasteiger partial charge is 0.0258 e. The summed E-state index contributed by atoms with van der Waals surface area (Å²) in [7, 11) is 0. The van der Waals surface area contributed by atoms with Gasteiger partial charge in [-0.1, -0.05) is 12.0 Å². The lowest BCUT2D eigenvalue weighted by Crippen LogP contribution is -1.62. The minimum atomic E-state index is 0.651. The van der Waals surface area contributed by atoms with E-state index >= 15 is 0 Å². The highest BCUT2D eigenvalue weighted by atomic mass is 35.5. The Labute approximate surface area is 49.2 Å². The summed E-state index contributed by atoms with van der Waals surface area (Å²) >= 11 is 5.32. The van der Waals surface area contributed by atoms with Gasteiger partial charge in [-0.15, -0.1) is 18.0 Å². The molecule has 0 spiro atoms. The van der Waals surface area contributed by atoms with Crippen LogP contribution in [0.25, 0.3) is 0 Å². The van der Waals surface area contributed by atoms with Gasteiger partial charge in [0.25, 0.3) is 0 Å². The second kappa shape index (κ2) is 5.59. The number of hydrogen-bond donors (Lipinski definition) is 0. The van der Waals surface area contributed by atoms with Crippen LogP contribution in [0.4, 0.5) is 0 Å². The van der Waals surface area contributed by atoms with E-state index in [-0.39, 0.29) is 0 Å². The predicted octanol–water partition coefficient (Wildman–Crippen LogP) is 1.80. The summed E-state index contributed by atoms with van der Waals surface area (Å²) in [6.45, 7) is 0. The third-order valence-corrected chi connectivity index (χ3v) is 0.708. The van der Waals surface area contributed by atoms with Gasteiger partial charge in [0.15, 0.2) is 0 Å². The average Bonchev–Trinajstić information content (AvgIpc) is 1.69. The molecule has 0 aromatic rings. The molecule has 0 amide bonds. The summed E-state index contributed by atoms with van der Waals surface area (Å²) in [5.41, 5.74) is 0. The normalized spacial score (nSPS) is 9.14. The summed E-state index contributed by atoms with van der Waals surface area (Å²) < 4.78 is 0. The Morgan fingerprint density at radius 1 is 1.71 bits per heavy atom. The van der Waals surface area contributed by atoms with Crippen molar-refractivity contribution in [1.82, 2.24) is 0 Å². The SMILES string of the molecule is C#C/C=C\CCCl. The second-order valence-electron chi connectivity index (χ2n) is 1.05. The Kier molecular flexibility index (Phi) is 5.26. The van der Waals surface area contributed by atoms with E-state index in [0.717, 1.165) is 6.42 Å². The van der Waals surface area contributed by atoms with Gasteiger partial charge in [0.2, 0.25) is 0 Å². The Bertz CT molecular complexity index is 86.8. The van der Waals surface area contributed by atoms with Gasteiger partial charge in [-0.25, -0.2) is 0 Å². The summed E-state index contributed by atoms with van der Waals surface area (Å²) in [6, 6.07) is 0. The van der Waals surface area contributed by atoms with Crippen LogP contribution < -0.4 is 0 Å². The number of rotatable bonds is 2. The molecule has 0 aliphatic carbocycles. The summed E-state index contributed by atoms with van der Waals surface area (Å²) in [5, 5.41) is 0. The van der Waals surface area contributed by atoms with Crippen LogP contribution in [-0.4, -0.2) is 5.88 Å². The Hall–Kier alpha value is -0.410. The third kappa shape index (κ3) is 5.59. The quantitative estimate of drug-likeness (QED) is 0.379. The first kappa shape index (κ1) is 6.59. The molecule has 0 rings (SSSR count). The largest absolute Gasteiger partial charge is 0.126 e. The van der Waals surface area contributed by atoms with Crippen LogP contribution in [0.15, 0.2) is 12.2 Å². The van der Waals surface area contributed by atoms with E-state index in [1.165, 1.54) is 0 Å². The number of allylic oxidation sites excluding steroid dienone is 2. The fraction of sp³-hybridized carbons (Fsp3) is 0.333. The van der Waals surface area contributed by atoms with Crippen molar-refractivity contribution >= 4 is 11.6 Å². The van der Waals surface area contributed by atoms with Crippen LogP contribution >= 0.6 is 11.6 Å². The van der Waals surface area contributed by atoms with E-state index in [4.69, 9.17) is 18.0 Å². The van der Waals surface area contributed by atoms with Gasteiger partial charge in [-0.2, -0.15) is 0 Å².